The minimum Gasteiger partial charge on any atom is -0.349 e. The maximum absolute atomic E-state index is 12.1. The van der Waals surface area contributed by atoms with Crippen molar-refractivity contribution in [3.8, 4) is 0 Å². The van der Waals surface area contributed by atoms with Crippen LogP contribution in [0, 0.1) is 19.8 Å². The average Bonchev–Trinajstić information content (AvgIpc) is 2.89. The number of aryl methyl sites for hydroxylation is 2. The number of carbonyl (C=O) groups is 1. The highest BCUT2D eigenvalue weighted by molar-refractivity contribution is 5.76. The van der Waals surface area contributed by atoms with Gasteiger partial charge in [-0.15, -0.1) is 10.2 Å². The van der Waals surface area contributed by atoms with E-state index in [4.69, 9.17) is 0 Å². The Hall–Kier alpha value is -1.98. The molecule has 0 saturated heterocycles. The third-order valence-electron chi connectivity index (χ3n) is 4.40. The van der Waals surface area contributed by atoms with Gasteiger partial charge in [-0.05, 0) is 38.7 Å². The van der Waals surface area contributed by atoms with Crippen molar-refractivity contribution in [1.82, 2.24) is 24.9 Å². The lowest BCUT2D eigenvalue weighted by Gasteiger charge is -2.20. The largest absolute Gasteiger partial charge is 0.349 e. The maximum Gasteiger partial charge on any atom is 0.255 e. The number of carbonyl (C=O) groups excluding carboxylic acids is 1. The second-order valence-corrected chi connectivity index (χ2v) is 6.28. The molecule has 1 N–H and O–H groups in total. The van der Waals surface area contributed by atoms with E-state index in [1.54, 1.807) is 0 Å². The zero-order chi connectivity index (χ0) is 15.5. The zero-order valence-electron chi connectivity index (χ0n) is 13.3. The number of hydrogen-bond donors (Lipinski definition) is 1. The van der Waals surface area contributed by atoms with Crippen molar-refractivity contribution in [3.05, 3.63) is 23.3 Å². The highest BCUT2D eigenvalue weighted by Gasteiger charge is 2.17. The van der Waals surface area contributed by atoms with Gasteiger partial charge in [0.25, 0.3) is 5.78 Å². The van der Waals surface area contributed by atoms with Crippen LogP contribution in [0.2, 0.25) is 0 Å². The molecule has 1 fully saturated rings. The lowest BCUT2D eigenvalue weighted by Crippen LogP contribution is -2.27. The molecule has 0 aliphatic heterocycles. The molecule has 1 saturated carbocycles. The van der Waals surface area contributed by atoms with Gasteiger partial charge in [-0.2, -0.15) is 0 Å². The van der Waals surface area contributed by atoms with Gasteiger partial charge in [-0.1, -0.05) is 19.3 Å². The van der Waals surface area contributed by atoms with E-state index in [0.717, 1.165) is 17.2 Å². The average molecular weight is 301 g/mol. The summed E-state index contributed by atoms with van der Waals surface area (Å²) < 4.78 is 1.90. The normalized spacial score (nSPS) is 16.1. The molecule has 0 radical (unpaired) electrons. The van der Waals surface area contributed by atoms with Crippen LogP contribution in [0.1, 0.15) is 55.7 Å². The van der Waals surface area contributed by atoms with Gasteiger partial charge in [-0.25, -0.2) is 4.98 Å². The van der Waals surface area contributed by atoms with Gasteiger partial charge >= 0.3 is 0 Å². The Kier molecular flexibility index (Phi) is 4.36. The molecule has 6 heteroatoms. The molecule has 2 aromatic heterocycles. The predicted molar refractivity (Wildman–Crippen MR) is 83.3 cm³/mol. The Bertz CT molecular complexity index is 672. The van der Waals surface area contributed by atoms with E-state index >= 15 is 0 Å². The van der Waals surface area contributed by atoms with Crippen molar-refractivity contribution in [2.45, 2.75) is 58.9 Å². The Morgan fingerprint density at radius 2 is 2.05 bits per heavy atom. The Morgan fingerprint density at radius 1 is 1.27 bits per heavy atom. The lowest BCUT2D eigenvalue weighted by molar-refractivity contribution is -0.122. The van der Waals surface area contributed by atoms with Gasteiger partial charge < -0.3 is 5.32 Å². The van der Waals surface area contributed by atoms with Crippen molar-refractivity contribution < 1.29 is 4.79 Å². The van der Waals surface area contributed by atoms with Crippen LogP contribution in [0.5, 0.6) is 0 Å². The minimum atomic E-state index is 0.112. The van der Waals surface area contributed by atoms with E-state index < -0.39 is 0 Å². The fourth-order valence-corrected chi connectivity index (χ4v) is 3.32. The summed E-state index contributed by atoms with van der Waals surface area (Å²) in [6, 6.07) is 1.99. The molecule has 1 aliphatic carbocycles. The first-order valence-corrected chi connectivity index (χ1v) is 8.08. The number of nitrogens with zero attached hydrogens (tertiary/aromatic N) is 4. The third kappa shape index (κ3) is 3.26. The molecule has 3 rings (SSSR count). The fraction of sp³-hybridized carbons (Fsp3) is 0.625. The Balaban J connectivity index is 1.62. The number of aromatic nitrogens is 4. The number of fused-ring (bicyclic) bond motifs is 1. The summed E-state index contributed by atoms with van der Waals surface area (Å²) in [5.74, 6) is 1.99. The summed E-state index contributed by atoms with van der Waals surface area (Å²) in [6.45, 7) is 4.34. The van der Waals surface area contributed by atoms with E-state index in [1.165, 1.54) is 32.1 Å². The molecule has 2 aromatic rings. The molecule has 0 atom stereocenters. The molecule has 1 aliphatic rings. The molecule has 0 unspecified atom stereocenters. The smallest absolute Gasteiger partial charge is 0.255 e. The summed E-state index contributed by atoms with van der Waals surface area (Å²) in [7, 11) is 0. The summed E-state index contributed by atoms with van der Waals surface area (Å²) >= 11 is 0. The quantitative estimate of drug-likeness (QED) is 0.940. The van der Waals surface area contributed by atoms with Crippen LogP contribution in [0.4, 0.5) is 0 Å². The summed E-state index contributed by atoms with van der Waals surface area (Å²) in [5.41, 5.74) is 1.95. The molecule has 2 heterocycles. The van der Waals surface area contributed by atoms with Crippen molar-refractivity contribution in [2.24, 2.45) is 5.92 Å². The van der Waals surface area contributed by atoms with Gasteiger partial charge in [0.2, 0.25) is 5.91 Å². The first-order chi connectivity index (χ1) is 10.6. The summed E-state index contributed by atoms with van der Waals surface area (Å²) in [4.78, 5) is 16.5. The minimum absolute atomic E-state index is 0.112. The molecule has 6 nitrogen and oxygen atoms in total. The third-order valence-corrected chi connectivity index (χ3v) is 4.40. The van der Waals surface area contributed by atoms with Crippen molar-refractivity contribution >= 4 is 11.7 Å². The van der Waals surface area contributed by atoms with Crippen molar-refractivity contribution in [2.75, 3.05) is 0 Å². The topological polar surface area (TPSA) is 72.2 Å². The number of hydrogen-bond acceptors (Lipinski definition) is 4. The van der Waals surface area contributed by atoms with Gasteiger partial charge in [-0.3, -0.25) is 9.20 Å². The molecular formula is C16H23N5O. The van der Waals surface area contributed by atoms with Crippen molar-refractivity contribution in [1.29, 1.82) is 0 Å². The van der Waals surface area contributed by atoms with Crippen molar-refractivity contribution in [3.63, 3.8) is 0 Å². The van der Waals surface area contributed by atoms with E-state index in [0.29, 0.717) is 24.7 Å². The van der Waals surface area contributed by atoms with Gasteiger partial charge in [0.15, 0.2) is 5.82 Å². The van der Waals surface area contributed by atoms with Gasteiger partial charge in [0.1, 0.15) is 0 Å². The monoisotopic (exact) mass is 301 g/mol. The molecule has 118 valence electrons. The van der Waals surface area contributed by atoms with Crippen LogP contribution in [0.15, 0.2) is 6.07 Å². The Morgan fingerprint density at radius 3 is 2.82 bits per heavy atom. The van der Waals surface area contributed by atoms with E-state index in [-0.39, 0.29) is 5.91 Å². The molecular weight excluding hydrogens is 278 g/mol. The molecule has 0 spiro atoms. The van der Waals surface area contributed by atoms with Crippen LogP contribution >= 0.6 is 0 Å². The van der Waals surface area contributed by atoms with E-state index in [1.807, 2.05) is 24.3 Å². The SMILES string of the molecule is Cc1cc(C)n2c(CNC(=O)CC3CCCCC3)nnc2n1. The van der Waals surface area contributed by atoms with Crippen LogP contribution in [0.25, 0.3) is 5.78 Å². The second-order valence-electron chi connectivity index (χ2n) is 6.28. The molecule has 0 aromatic carbocycles. The summed E-state index contributed by atoms with van der Waals surface area (Å²) in [5, 5.41) is 11.2. The molecule has 1 amide bonds. The first kappa shape index (κ1) is 14.9. The number of rotatable bonds is 4. The van der Waals surface area contributed by atoms with Crippen LogP contribution in [-0.2, 0) is 11.3 Å². The predicted octanol–water partition coefficient (Wildman–Crippen LogP) is 2.33. The molecule has 22 heavy (non-hydrogen) atoms. The van der Waals surface area contributed by atoms with Gasteiger partial charge in [0, 0.05) is 17.8 Å². The maximum atomic E-state index is 12.1. The summed E-state index contributed by atoms with van der Waals surface area (Å²) in [6.07, 6.45) is 6.84. The zero-order valence-corrected chi connectivity index (χ0v) is 13.3. The number of amides is 1. The van der Waals surface area contributed by atoms with E-state index in [9.17, 15) is 4.79 Å². The van der Waals surface area contributed by atoms with Crippen LogP contribution in [-0.4, -0.2) is 25.5 Å². The van der Waals surface area contributed by atoms with Crippen LogP contribution < -0.4 is 5.32 Å². The second kappa shape index (κ2) is 6.42. The van der Waals surface area contributed by atoms with E-state index in [2.05, 4.69) is 20.5 Å². The Labute approximate surface area is 130 Å². The number of nitrogens with one attached hydrogen (secondary N) is 1. The van der Waals surface area contributed by atoms with Crippen LogP contribution in [0.3, 0.4) is 0 Å². The lowest BCUT2D eigenvalue weighted by atomic mass is 9.87. The fourth-order valence-electron chi connectivity index (χ4n) is 3.32. The standard InChI is InChI=1S/C16H23N5O/c1-11-8-12(2)21-14(19-20-16(21)18-11)10-17-15(22)9-13-6-4-3-5-7-13/h8,13H,3-7,9-10H2,1-2H3,(H,17,22). The van der Waals surface area contributed by atoms with Gasteiger partial charge in [0.05, 0.1) is 6.54 Å². The molecule has 0 bridgehead atoms. The highest BCUT2D eigenvalue weighted by Crippen LogP contribution is 2.26. The first-order valence-electron chi connectivity index (χ1n) is 8.08. The highest BCUT2D eigenvalue weighted by atomic mass is 16.1.